The number of piperidine rings is 1. The highest BCUT2D eigenvalue weighted by molar-refractivity contribution is 7.90. The molecule has 0 bridgehead atoms. The monoisotopic (exact) mass is 403 g/mol. The van der Waals surface area contributed by atoms with Crippen LogP contribution in [0.5, 0.6) is 0 Å². The van der Waals surface area contributed by atoms with Crippen molar-refractivity contribution in [1.82, 2.24) is 4.90 Å². The largest absolute Gasteiger partial charge is 0.350 e. The number of benzene rings is 2. The Morgan fingerprint density at radius 1 is 1.18 bits per heavy atom. The molecule has 1 fully saturated rings. The van der Waals surface area contributed by atoms with Crippen LogP contribution in [0.25, 0.3) is 0 Å². The fraction of sp³-hybridized carbons (Fsp3) is 0.400. The van der Waals surface area contributed by atoms with E-state index in [9.17, 15) is 18.5 Å². The summed E-state index contributed by atoms with van der Waals surface area (Å²) in [7, 11) is -3.51. The molecule has 1 aliphatic rings. The van der Waals surface area contributed by atoms with Crippen molar-refractivity contribution in [2.45, 2.75) is 43.7 Å². The second-order valence-electron chi connectivity index (χ2n) is 7.35. The first kappa shape index (κ1) is 20.3. The zero-order valence-electron chi connectivity index (χ0n) is 16.1. The molecule has 1 heterocycles. The quantitative estimate of drug-likeness (QED) is 0.576. The molecule has 1 aliphatic heterocycles. The van der Waals surface area contributed by atoms with Gasteiger partial charge in [0.2, 0.25) is 0 Å². The van der Waals surface area contributed by atoms with Gasteiger partial charge in [-0.05, 0) is 56.1 Å². The number of hydrogen-bond donors (Lipinski definition) is 1. The number of rotatable bonds is 6. The second kappa shape index (κ2) is 8.28. The van der Waals surface area contributed by atoms with E-state index in [2.05, 4.69) is 17.1 Å². The Bertz CT molecular complexity index is 958. The maximum atomic E-state index is 11.7. The smallest absolute Gasteiger partial charge is 0.293 e. The number of nitrogens with one attached hydrogen (secondary N) is 1. The number of sulfone groups is 1. The third-order valence-corrected chi connectivity index (χ3v) is 6.26. The molecule has 0 aromatic heterocycles. The molecule has 3 rings (SSSR count). The number of likely N-dealkylation sites (tertiary alicyclic amines) is 1. The van der Waals surface area contributed by atoms with Gasteiger partial charge in [0.1, 0.15) is 5.69 Å². The van der Waals surface area contributed by atoms with E-state index in [4.69, 9.17) is 0 Å². The van der Waals surface area contributed by atoms with Crippen molar-refractivity contribution in [3.8, 4) is 0 Å². The van der Waals surface area contributed by atoms with Crippen molar-refractivity contribution in [2.75, 3.05) is 18.1 Å². The molecule has 150 valence electrons. The fourth-order valence-electron chi connectivity index (χ4n) is 3.47. The van der Waals surface area contributed by atoms with Crippen LogP contribution < -0.4 is 5.32 Å². The maximum Gasteiger partial charge on any atom is 0.293 e. The third kappa shape index (κ3) is 4.88. The second-order valence-corrected chi connectivity index (χ2v) is 9.36. The van der Waals surface area contributed by atoms with E-state index in [-0.39, 0.29) is 16.3 Å². The number of hydrogen-bond acceptors (Lipinski definition) is 6. The number of anilines is 2. The van der Waals surface area contributed by atoms with Crippen LogP contribution in [-0.4, -0.2) is 37.1 Å². The molecule has 0 unspecified atom stereocenters. The summed E-state index contributed by atoms with van der Waals surface area (Å²) in [5, 5.41) is 14.4. The number of nitro groups is 1. The van der Waals surface area contributed by atoms with Gasteiger partial charge in [-0.15, -0.1) is 0 Å². The lowest BCUT2D eigenvalue weighted by molar-refractivity contribution is -0.384. The average molecular weight is 404 g/mol. The van der Waals surface area contributed by atoms with Gasteiger partial charge >= 0.3 is 0 Å². The molecule has 8 heteroatoms. The van der Waals surface area contributed by atoms with Gasteiger partial charge in [-0.3, -0.25) is 15.0 Å². The molecule has 0 saturated carbocycles. The van der Waals surface area contributed by atoms with E-state index in [0.717, 1.165) is 25.4 Å². The highest BCUT2D eigenvalue weighted by Gasteiger charge is 2.20. The maximum absolute atomic E-state index is 11.7. The van der Waals surface area contributed by atoms with Gasteiger partial charge in [0.25, 0.3) is 5.69 Å². The van der Waals surface area contributed by atoms with Crippen LogP contribution in [0.1, 0.15) is 31.7 Å². The van der Waals surface area contributed by atoms with Gasteiger partial charge in [-0.25, -0.2) is 8.42 Å². The lowest BCUT2D eigenvalue weighted by Gasteiger charge is -2.33. The summed E-state index contributed by atoms with van der Waals surface area (Å²) in [6, 6.07) is 12.3. The summed E-state index contributed by atoms with van der Waals surface area (Å²) in [6.45, 7) is 4.26. The van der Waals surface area contributed by atoms with Crippen molar-refractivity contribution in [2.24, 2.45) is 0 Å². The molecule has 28 heavy (non-hydrogen) atoms. The summed E-state index contributed by atoms with van der Waals surface area (Å²) >= 11 is 0. The van der Waals surface area contributed by atoms with E-state index < -0.39 is 14.8 Å². The highest BCUT2D eigenvalue weighted by Crippen LogP contribution is 2.30. The first-order chi connectivity index (χ1) is 13.2. The van der Waals surface area contributed by atoms with Crippen LogP contribution >= 0.6 is 0 Å². The molecular weight excluding hydrogens is 378 g/mol. The van der Waals surface area contributed by atoms with Gasteiger partial charge in [0.05, 0.1) is 9.82 Å². The molecule has 0 amide bonds. The molecule has 2 aromatic carbocycles. The molecule has 1 saturated heterocycles. The Kier molecular flexibility index (Phi) is 6.00. The predicted molar refractivity (Wildman–Crippen MR) is 110 cm³/mol. The van der Waals surface area contributed by atoms with Crippen LogP contribution in [-0.2, 0) is 16.4 Å². The molecule has 0 spiro atoms. The minimum Gasteiger partial charge on any atom is -0.350 e. The van der Waals surface area contributed by atoms with Crippen LogP contribution in [0.3, 0.4) is 0 Å². The first-order valence-corrected chi connectivity index (χ1v) is 11.2. The van der Waals surface area contributed by atoms with Crippen molar-refractivity contribution >= 4 is 26.9 Å². The van der Waals surface area contributed by atoms with Crippen molar-refractivity contribution in [3.05, 3.63) is 58.1 Å². The third-order valence-electron chi connectivity index (χ3n) is 5.15. The van der Waals surface area contributed by atoms with E-state index in [0.29, 0.717) is 11.7 Å². The molecule has 0 radical (unpaired) electrons. The summed E-state index contributed by atoms with van der Waals surface area (Å²) in [4.78, 5) is 13.2. The molecule has 0 aliphatic carbocycles. The van der Waals surface area contributed by atoms with E-state index >= 15 is 0 Å². The number of nitro benzene ring substituents is 1. The predicted octanol–water partition coefficient (Wildman–Crippen LogP) is 4.12. The van der Waals surface area contributed by atoms with Crippen molar-refractivity contribution in [1.29, 1.82) is 0 Å². The number of nitrogens with zero attached hydrogens (tertiary/aromatic N) is 2. The van der Waals surface area contributed by atoms with Gasteiger partial charge in [0, 0.05) is 30.6 Å². The first-order valence-electron chi connectivity index (χ1n) is 9.32. The SMILES string of the molecule is C[C@H]1CCCCN1Cc1ccc(Nc2ccc(S(C)(=O)=O)cc2[N+](=O)[O-])cc1. The molecular formula is C20H25N3O4S. The minimum absolute atomic E-state index is 0.0734. The van der Waals surface area contributed by atoms with Crippen LogP contribution in [0.2, 0.25) is 0 Å². The van der Waals surface area contributed by atoms with Gasteiger partial charge in [-0.2, -0.15) is 0 Å². The summed E-state index contributed by atoms with van der Waals surface area (Å²) in [5.41, 5.74) is 1.90. The summed E-state index contributed by atoms with van der Waals surface area (Å²) < 4.78 is 23.3. The lowest BCUT2D eigenvalue weighted by Crippen LogP contribution is -2.36. The normalized spacial score (nSPS) is 18.0. The molecule has 1 N–H and O–H groups in total. The van der Waals surface area contributed by atoms with Crippen LogP contribution in [0.15, 0.2) is 47.4 Å². The Balaban J connectivity index is 1.76. The Labute approximate surface area is 165 Å². The standard InChI is InChI=1S/C20H25N3O4S/c1-15-5-3-4-12-22(15)14-16-6-8-17(9-7-16)21-19-11-10-18(28(2,26)27)13-20(19)23(24)25/h6-11,13,15,21H,3-5,12,14H2,1-2H3/t15-/m0/s1. The van der Waals surface area contributed by atoms with Crippen molar-refractivity contribution < 1.29 is 13.3 Å². The van der Waals surface area contributed by atoms with Crippen molar-refractivity contribution in [3.63, 3.8) is 0 Å². The Morgan fingerprint density at radius 2 is 1.89 bits per heavy atom. The lowest BCUT2D eigenvalue weighted by atomic mass is 10.0. The fourth-order valence-corrected chi connectivity index (χ4v) is 4.12. The van der Waals surface area contributed by atoms with E-state index in [1.54, 1.807) is 0 Å². The van der Waals surface area contributed by atoms with E-state index in [1.165, 1.54) is 37.0 Å². The Morgan fingerprint density at radius 3 is 2.50 bits per heavy atom. The van der Waals surface area contributed by atoms with Gasteiger partial charge < -0.3 is 5.32 Å². The molecule has 7 nitrogen and oxygen atoms in total. The zero-order valence-corrected chi connectivity index (χ0v) is 16.9. The summed E-state index contributed by atoms with van der Waals surface area (Å²) in [5.74, 6) is 0. The van der Waals surface area contributed by atoms with Crippen LogP contribution in [0.4, 0.5) is 17.1 Å². The van der Waals surface area contributed by atoms with E-state index in [1.807, 2.05) is 24.3 Å². The molecule has 1 atom stereocenters. The Hall–Kier alpha value is -2.45. The highest BCUT2D eigenvalue weighted by atomic mass is 32.2. The van der Waals surface area contributed by atoms with Crippen LogP contribution in [0, 0.1) is 10.1 Å². The zero-order chi connectivity index (χ0) is 20.3. The topological polar surface area (TPSA) is 92.6 Å². The minimum atomic E-state index is -3.51. The molecule has 2 aromatic rings. The van der Waals surface area contributed by atoms with Gasteiger partial charge in [-0.1, -0.05) is 18.6 Å². The van der Waals surface area contributed by atoms with Gasteiger partial charge in [0.15, 0.2) is 9.84 Å². The average Bonchev–Trinajstić information content (AvgIpc) is 2.64. The summed E-state index contributed by atoms with van der Waals surface area (Å²) in [6.07, 6.45) is 4.78.